The van der Waals surface area contributed by atoms with Gasteiger partial charge in [0.25, 0.3) is 0 Å². The van der Waals surface area contributed by atoms with Crippen molar-refractivity contribution in [3.63, 3.8) is 0 Å². The van der Waals surface area contributed by atoms with Crippen molar-refractivity contribution in [1.29, 1.82) is 0 Å². The lowest BCUT2D eigenvalue weighted by Gasteiger charge is -2.45. The minimum absolute atomic E-state index is 0.0117. The van der Waals surface area contributed by atoms with E-state index in [1.807, 2.05) is 25.1 Å². The smallest absolute Gasteiger partial charge is 0.304 e. The summed E-state index contributed by atoms with van der Waals surface area (Å²) < 4.78 is 26.4. The van der Waals surface area contributed by atoms with Gasteiger partial charge in [0.15, 0.2) is 9.84 Å². The SMILES string of the molecule is CCC(CC(c1ccc(Cl)cc1)S(=O)(=O)CC)C1NC(=O)C(C)(CC(=O)O)CC1c1cccc(Cl)c1. The Morgan fingerprint density at radius 1 is 1.14 bits per heavy atom. The lowest BCUT2D eigenvalue weighted by Crippen LogP contribution is -2.56. The summed E-state index contributed by atoms with van der Waals surface area (Å²) in [5, 5.41) is 12.9. The van der Waals surface area contributed by atoms with Gasteiger partial charge in [0.05, 0.1) is 17.1 Å². The third-order valence-electron chi connectivity index (χ3n) is 7.39. The molecular weight excluding hydrogens is 521 g/mol. The van der Waals surface area contributed by atoms with E-state index in [1.54, 1.807) is 44.2 Å². The summed E-state index contributed by atoms with van der Waals surface area (Å²) in [5.41, 5.74) is 0.458. The van der Waals surface area contributed by atoms with Crippen LogP contribution in [0.25, 0.3) is 0 Å². The first-order chi connectivity index (χ1) is 16.9. The predicted molar refractivity (Wildman–Crippen MR) is 143 cm³/mol. The van der Waals surface area contributed by atoms with Gasteiger partial charge in [0, 0.05) is 27.8 Å². The van der Waals surface area contributed by atoms with Gasteiger partial charge in [-0.3, -0.25) is 9.59 Å². The molecule has 0 spiro atoms. The summed E-state index contributed by atoms with van der Waals surface area (Å²) in [6, 6.07) is 13.8. The first-order valence-electron chi connectivity index (χ1n) is 12.2. The summed E-state index contributed by atoms with van der Waals surface area (Å²) in [5.74, 6) is -1.80. The number of carbonyl (C=O) groups excluding carboxylic acids is 1. The third kappa shape index (κ3) is 6.42. The number of hydrogen-bond acceptors (Lipinski definition) is 4. The van der Waals surface area contributed by atoms with Gasteiger partial charge in [-0.15, -0.1) is 0 Å². The van der Waals surface area contributed by atoms with Gasteiger partial charge in [0.1, 0.15) is 0 Å². The molecule has 0 bridgehead atoms. The van der Waals surface area contributed by atoms with Crippen LogP contribution in [0, 0.1) is 11.3 Å². The maximum Gasteiger partial charge on any atom is 0.304 e. The number of benzene rings is 2. The maximum atomic E-state index is 13.2. The normalized spacial score (nSPS) is 24.1. The molecule has 2 N–H and O–H groups in total. The van der Waals surface area contributed by atoms with Crippen molar-refractivity contribution >= 4 is 44.9 Å². The maximum absolute atomic E-state index is 13.2. The second-order valence-electron chi connectivity index (χ2n) is 9.89. The molecule has 1 heterocycles. The molecule has 3 rings (SSSR count). The summed E-state index contributed by atoms with van der Waals surface area (Å²) in [6.45, 7) is 5.28. The largest absolute Gasteiger partial charge is 0.481 e. The Labute approximate surface area is 223 Å². The van der Waals surface area contributed by atoms with Gasteiger partial charge >= 0.3 is 5.97 Å². The quantitative estimate of drug-likeness (QED) is 0.373. The Morgan fingerprint density at radius 3 is 2.36 bits per heavy atom. The molecule has 2 aromatic carbocycles. The number of amides is 1. The highest BCUT2D eigenvalue weighted by molar-refractivity contribution is 7.91. The topological polar surface area (TPSA) is 101 Å². The number of nitrogens with one attached hydrogen (secondary N) is 1. The highest BCUT2D eigenvalue weighted by Gasteiger charge is 2.48. The van der Waals surface area contributed by atoms with Crippen LogP contribution in [0.15, 0.2) is 48.5 Å². The van der Waals surface area contributed by atoms with Crippen LogP contribution in [-0.4, -0.2) is 37.2 Å². The van der Waals surface area contributed by atoms with Crippen LogP contribution in [-0.2, 0) is 19.4 Å². The minimum Gasteiger partial charge on any atom is -0.481 e. The van der Waals surface area contributed by atoms with Crippen molar-refractivity contribution in [2.75, 3.05) is 5.75 Å². The van der Waals surface area contributed by atoms with Gasteiger partial charge in [-0.05, 0) is 54.2 Å². The van der Waals surface area contributed by atoms with E-state index in [9.17, 15) is 23.1 Å². The van der Waals surface area contributed by atoms with Crippen LogP contribution < -0.4 is 5.32 Å². The van der Waals surface area contributed by atoms with Crippen molar-refractivity contribution in [2.45, 2.75) is 63.7 Å². The second-order valence-corrected chi connectivity index (χ2v) is 13.2. The molecule has 0 aliphatic carbocycles. The summed E-state index contributed by atoms with van der Waals surface area (Å²) in [6.07, 6.45) is 0.961. The number of sulfone groups is 1. The van der Waals surface area contributed by atoms with E-state index in [2.05, 4.69) is 5.32 Å². The number of carbonyl (C=O) groups is 2. The molecule has 9 heteroatoms. The molecule has 5 atom stereocenters. The van der Waals surface area contributed by atoms with E-state index < -0.39 is 26.5 Å². The van der Waals surface area contributed by atoms with Crippen LogP contribution in [0.3, 0.4) is 0 Å². The van der Waals surface area contributed by atoms with E-state index in [0.717, 1.165) is 5.56 Å². The van der Waals surface area contributed by atoms with Crippen molar-refractivity contribution in [3.05, 3.63) is 69.7 Å². The monoisotopic (exact) mass is 553 g/mol. The van der Waals surface area contributed by atoms with Gasteiger partial charge in [0.2, 0.25) is 5.91 Å². The molecule has 0 saturated carbocycles. The Kier molecular flexibility index (Phi) is 9.12. The molecule has 1 amide bonds. The average Bonchev–Trinajstić information content (AvgIpc) is 2.82. The molecule has 0 radical (unpaired) electrons. The fraction of sp³-hybridized carbons (Fsp3) is 0.481. The zero-order chi connectivity index (χ0) is 26.7. The van der Waals surface area contributed by atoms with Crippen LogP contribution in [0.4, 0.5) is 0 Å². The lowest BCUT2D eigenvalue weighted by molar-refractivity contribution is -0.147. The van der Waals surface area contributed by atoms with Crippen LogP contribution in [0.1, 0.15) is 68.7 Å². The molecule has 5 unspecified atom stereocenters. The highest BCUT2D eigenvalue weighted by atomic mass is 35.5. The van der Waals surface area contributed by atoms with Crippen LogP contribution in [0.5, 0.6) is 0 Å². The van der Waals surface area contributed by atoms with E-state index >= 15 is 0 Å². The van der Waals surface area contributed by atoms with Gasteiger partial charge < -0.3 is 10.4 Å². The molecule has 1 fully saturated rings. The van der Waals surface area contributed by atoms with Crippen molar-refractivity contribution in [1.82, 2.24) is 5.32 Å². The van der Waals surface area contributed by atoms with E-state index in [0.29, 0.717) is 34.9 Å². The average molecular weight is 555 g/mol. The molecule has 1 saturated heterocycles. The molecule has 196 valence electrons. The van der Waals surface area contributed by atoms with Crippen LogP contribution >= 0.6 is 23.2 Å². The number of piperidine rings is 1. The molecule has 2 aromatic rings. The minimum atomic E-state index is -3.47. The van der Waals surface area contributed by atoms with Crippen molar-refractivity contribution < 1.29 is 23.1 Å². The molecule has 6 nitrogen and oxygen atoms in total. The number of carboxylic acid groups (broad SMARTS) is 1. The van der Waals surface area contributed by atoms with Crippen molar-refractivity contribution in [3.8, 4) is 0 Å². The fourth-order valence-electron chi connectivity index (χ4n) is 5.34. The summed E-state index contributed by atoms with van der Waals surface area (Å²) >= 11 is 12.3. The third-order valence-corrected chi connectivity index (χ3v) is 10.0. The predicted octanol–water partition coefficient (Wildman–Crippen LogP) is 6.04. The van der Waals surface area contributed by atoms with E-state index in [-0.39, 0.29) is 36.0 Å². The fourth-order valence-corrected chi connectivity index (χ4v) is 7.18. The van der Waals surface area contributed by atoms with E-state index in [1.165, 1.54) is 0 Å². The summed E-state index contributed by atoms with van der Waals surface area (Å²) in [7, 11) is -3.47. The zero-order valence-corrected chi connectivity index (χ0v) is 23.0. The van der Waals surface area contributed by atoms with Crippen molar-refractivity contribution in [2.24, 2.45) is 11.3 Å². The zero-order valence-electron chi connectivity index (χ0n) is 20.7. The first-order valence-corrected chi connectivity index (χ1v) is 14.6. The molecule has 1 aliphatic rings. The number of hydrogen-bond donors (Lipinski definition) is 2. The standard InChI is InChI=1S/C27H33Cl2NO5S/c1-4-17(14-23(36(34,35)5-2)18-9-11-20(28)12-10-18)25-22(19-7-6-8-21(29)13-19)15-27(3,16-24(31)32)26(33)30-25/h6-13,17,22-23,25H,4-5,14-16H2,1-3H3,(H,30,33)(H,31,32). The lowest BCUT2D eigenvalue weighted by atomic mass is 9.66. The Balaban J connectivity index is 2.04. The Hall–Kier alpha value is -2.09. The first kappa shape index (κ1) is 28.5. The number of carboxylic acids is 1. The second kappa shape index (κ2) is 11.5. The molecule has 1 aliphatic heterocycles. The Morgan fingerprint density at radius 2 is 1.81 bits per heavy atom. The van der Waals surface area contributed by atoms with E-state index in [4.69, 9.17) is 23.2 Å². The highest BCUT2D eigenvalue weighted by Crippen LogP contribution is 2.46. The summed E-state index contributed by atoms with van der Waals surface area (Å²) in [4.78, 5) is 24.8. The van der Waals surface area contributed by atoms with Gasteiger partial charge in [-0.25, -0.2) is 8.42 Å². The number of aliphatic carboxylic acids is 1. The molecule has 0 aromatic heterocycles. The number of halogens is 2. The Bertz CT molecular complexity index is 1200. The van der Waals surface area contributed by atoms with Gasteiger partial charge in [-0.2, -0.15) is 0 Å². The molecular formula is C27H33Cl2NO5S. The number of rotatable bonds is 10. The van der Waals surface area contributed by atoms with Crippen LogP contribution in [0.2, 0.25) is 10.0 Å². The molecule has 36 heavy (non-hydrogen) atoms. The van der Waals surface area contributed by atoms with Gasteiger partial charge in [-0.1, -0.05) is 74.7 Å².